The van der Waals surface area contributed by atoms with Crippen LogP contribution in [-0.4, -0.2) is 25.5 Å². The van der Waals surface area contributed by atoms with E-state index in [-0.39, 0.29) is 23.8 Å². The summed E-state index contributed by atoms with van der Waals surface area (Å²) in [6, 6.07) is 0.211. The number of fused-ring (bicyclic) bond motifs is 1. The third kappa shape index (κ3) is 2.43. The number of halogens is 1. The molecule has 0 aliphatic carbocycles. The van der Waals surface area contributed by atoms with Crippen molar-refractivity contribution in [3.05, 3.63) is 17.3 Å². The van der Waals surface area contributed by atoms with Gasteiger partial charge in [0.25, 0.3) is 0 Å². The molecule has 96 valence electrons. The van der Waals surface area contributed by atoms with Crippen LogP contribution in [-0.2, 0) is 16.1 Å². The van der Waals surface area contributed by atoms with Gasteiger partial charge in [-0.15, -0.1) is 0 Å². The van der Waals surface area contributed by atoms with E-state index in [4.69, 9.17) is 16.3 Å². The number of carbonyl (C=O) groups excluding carboxylic acids is 1. The molecule has 7 heteroatoms. The van der Waals surface area contributed by atoms with Gasteiger partial charge in [0.15, 0.2) is 23.2 Å². The van der Waals surface area contributed by atoms with E-state index in [0.717, 1.165) is 0 Å². The summed E-state index contributed by atoms with van der Waals surface area (Å²) in [6.07, 6.45) is 1.67. The van der Waals surface area contributed by atoms with E-state index in [1.54, 1.807) is 6.33 Å². The van der Waals surface area contributed by atoms with Gasteiger partial charge in [-0.25, -0.2) is 15.0 Å². The van der Waals surface area contributed by atoms with E-state index in [2.05, 4.69) is 15.0 Å². The molecule has 0 aliphatic rings. The standard InChI is InChI=1S/C11H13ClN4O2/c1-6(2)16-5-13-9-10(12)14-8(15-11(9)16)4-18-7(3)17/h5-6H,4H2,1-3H3. The molecule has 0 N–H and O–H groups in total. The molecule has 0 aliphatic heterocycles. The van der Waals surface area contributed by atoms with Gasteiger partial charge in [0, 0.05) is 13.0 Å². The van der Waals surface area contributed by atoms with Crippen LogP contribution in [0.3, 0.4) is 0 Å². The highest BCUT2D eigenvalue weighted by Crippen LogP contribution is 2.21. The Kier molecular flexibility index (Phi) is 3.47. The van der Waals surface area contributed by atoms with Gasteiger partial charge in [-0.1, -0.05) is 11.6 Å². The summed E-state index contributed by atoms with van der Waals surface area (Å²) in [5.74, 6) is -0.0164. The zero-order valence-corrected chi connectivity index (χ0v) is 11.1. The highest BCUT2D eigenvalue weighted by atomic mass is 35.5. The molecule has 0 aromatic carbocycles. The first kappa shape index (κ1) is 12.8. The SMILES string of the molecule is CC(=O)OCc1nc(Cl)c2ncn(C(C)C)c2n1. The molecule has 0 unspecified atom stereocenters. The van der Waals surface area contributed by atoms with Crippen LogP contribution in [0.1, 0.15) is 32.6 Å². The van der Waals surface area contributed by atoms with Crippen LogP contribution in [0.15, 0.2) is 6.33 Å². The number of ether oxygens (including phenoxy) is 1. The molecule has 2 rings (SSSR count). The van der Waals surface area contributed by atoms with Crippen molar-refractivity contribution in [2.75, 3.05) is 0 Å². The van der Waals surface area contributed by atoms with Crippen molar-refractivity contribution in [1.29, 1.82) is 0 Å². The maximum atomic E-state index is 10.8. The number of esters is 1. The summed E-state index contributed by atoms with van der Waals surface area (Å²) in [7, 11) is 0. The van der Waals surface area contributed by atoms with Crippen molar-refractivity contribution >= 4 is 28.7 Å². The van der Waals surface area contributed by atoms with E-state index in [0.29, 0.717) is 17.0 Å². The molecule has 18 heavy (non-hydrogen) atoms. The van der Waals surface area contributed by atoms with Gasteiger partial charge >= 0.3 is 5.97 Å². The number of carbonyl (C=O) groups is 1. The zero-order chi connectivity index (χ0) is 13.3. The van der Waals surface area contributed by atoms with E-state index < -0.39 is 0 Å². The van der Waals surface area contributed by atoms with Crippen LogP contribution in [0.5, 0.6) is 0 Å². The molecule has 0 atom stereocenters. The first-order valence-corrected chi connectivity index (χ1v) is 5.89. The Hall–Kier alpha value is -1.69. The van der Waals surface area contributed by atoms with Crippen molar-refractivity contribution in [2.24, 2.45) is 0 Å². The maximum Gasteiger partial charge on any atom is 0.303 e. The molecule has 0 saturated carbocycles. The number of rotatable bonds is 3. The first-order chi connectivity index (χ1) is 8.49. The number of hydrogen-bond acceptors (Lipinski definition) is 5. The van der Waals surface area contributed by atoms with Crippen molar-refractivity contribution in [3.8, 4) is 0 Å². The lowest BCUT2D eigenvalue weighted by Gasteiger charge is -2.08. The Morgan fingerprint density at radius 1 is 1.50 bits per heavy atom. The molecular weight excluding hydrogens is 256 g/mol. The van der Waals surface area contributed by atoms with Crippen LogP contribution < -0.4 is 0 Å². The van der Waals surface area contributed by atoms with E-state index >= 15 is 0 Å². The summed E-state index contributed by atoms with van der Waals surface area (Å²) in [5.41, 5.74) is 1.20. The number of aromatic nitrogens is 4. The van der Waals surface area contributed by atoms with Gasteiger partial charge in [0.05, 0.1) is 6.33 Å². The highest BCUT2D eigenvalue weighted by Gasteiger charge is 2.13. The lowest BCUT2D eigenvalue weighted by atomic mass is 10.4. The second-order valence-electron chi connectivity index (χ2n) is 4.13. The number of imidazole rings is 1. The minimum absolute atomic E-state index is 0.00820. The largest absolute Gasteiger partial charge is 0.458 e. The quantitative estimate of drug-likeness (QED) is 0.630. The van der Waals surface area contributed by atoms with Gasteiger partial charge in [0.1, 0.15) is 5.52 Å². The predicted octanol–water partition coefficient (Wildman–Crippen LogP) is 2.12. The summed E-state index contributed by atoms with van der Waals surface area (Å²) < 4.78 is 6.75. The van der Waals surface area contributed by atoms with Crippen molar-refractivity contribution < 1.29 is 9.53 Å². The second-order valence-corrected chi connectivity index (χ2v) is 4.49. The lowest BCUT2D eigenvalue weighted by Crippen LogP contribution is -2.06. The molecule has 0 saturated heterocycles. The van der Waals surface area contributed by atoms with Gasteiger partial charge in [-0.05, 0) is 13.8 Å². The highest BCUT2D eigenvalue weighted by molar-refractivity contribution is 6.33. The lowest BCUT2D eigenvalue weighted by molar-refractivity contribution is -0.142. The monoisotopic (exact) mass is 268 g/mol. The fourth-order valence-corrected chi connectivity index (χ4v) is 1.76. The molecule has 2 aromatic heterocycles. The van der Waals surface area contributed by atoms with Crippen LogP contribution >= 0.6 is 11.6 Å². The van der Waals surface area contributed by atoms with Crippen LogP contribution in [0.2, 0.25) is 5.15 Å². The van der Waals surface area contributed by atoms with E-state index in [9.17, 15) is 4.79 Å². The zero-order valence-electron chi connectivity index (χ0n) is 10.3. The Bertz CT molecular complexity index is 594. The maximum absolute atomic E-state index is 10.8. The Labute approximate surface area is 109 Å². The van der Waals surface area contributed by atoms with Gasteiger partial charge in [0.2, 0.25) is 0 Å². The summed E-state index contributed by atoms with van der Waals surface area (Å²) in [5, 5.41) is 0.265. The molecule has 0 radical (unpaired) electrons. The number of hydrogen-bond donors (Lipinski definition) is 0. The average Bonchev–Trinajstić information content (AvgIpc) is 2.70. The topological polar surface area (TPSA) is 69.9 Å². The Morgan fingerprint density at radius 2 is 2.22 bits per heavy atom. The normalized spacial score (nSPS) is 11.2. The third-order valence-electron chi connectivity index (χ3n) is 2.39. The second kappa shape index (κ2) is 4.89. The minimum Gasteiger partial charge on any atom is -0.458 e. The Morgan fingerprint density at radius 3 is 2.83 bits per heavy atom. The van der Waals surface area contributed by atoms with Crippen molar-refractivity contribution in [2.45, 2.75) is 33.4 Å². The molecule has 2 aromatic rings. The van der Waals surface area contributed by atoms with Crippen molar-refractivity contribution in [3.63, 3.8) is 0 Å². The van der Waals surface area contributed by atoms with Gasteiger partial charge < -0.3 is 9.30 Å². The molecule has 6 nitrogen and oxygen atoms in total. The molecule has 0 bridgehead atoms. The number of nitrogens with zero attached hydrogens (tertiary/aromatic N) is 4. The minimum atomic E-state index is -0.382. The molecule has 0 spiro atoms. The van der Waals surface area contributed by atoms with Gasteiger partial charge in [-0.3, -0.25) is 4.79 Å². The van der Waals surface area contributed by atoms with E-state index in [1.807, 2.05) is 18.4 Å². The molecule has 0 fully saturated rings. The smallest absolute Gasteiger partial charge is 0.303 e. The predicted molar refractivity (Wildman–Crippen MR) is 66.2 cm³/mol. The summed E-state index contributed by atoms with van der Waals surface area (Å²) >= 11 is 6.03. The van der Waals surface area contributed by atoms with Crippen LogP contribution in [0, 0.1) is 0 Å². The van der Waals surface area contributed by atoms with Crippen LogP contribution in [0.4, 0.5) is 0 Å². The summed E-state index contributed by atoms with van der Waals surface area (Å²) in [4.78, 5) is 23.3. The fraction of sp³-hybridized carbons (Fsp3) is 0.455. The first-order valence-electron chi connectivity index (χ1n) is 5.51. The Balaban J connectivity index is 2.45. The average molecular weight is 269 g/mol. The van der Waals surface area contributed by atoms with Crippen LogP contribution in [0.25, 0.3) is 11.2 Å². The van der Waals surface area contributed by atoms with Gasteiger partial charge in [-0.2, -0.15) is 0 Å². The van der Waals surface area contributed by atoms with E-state index in [1.165, 1.54) is 6.92 Å². The fourth-order valence-electron chi connectivity index (χ4n) is 1.53. The molecular formula is C11H13ClN4O2. The third-order valence-corrected chi connectivity index (χ3v) is 2.65. The van der Waals surface area contributed by atoms with Crippen molar-refractivity contribution in [1.82, 2.24) is 19.5 Å². The molecule has 2 heterocycles. The summed E-state index contributed by atoms with van der Waals surface area (Å²) in [6.45, 7) is 5.37. The molecule has 0 amide bonds.